The number of aldehydes is 1. The van der Waals surface area contributed by atoms with E-state index in [0.717, 1.165) is 11.0 Å². The smallest absolute Gasteiger partial charge is 0.298 e. The molecule has 2 rings (SSSR count). The van der Waals surface area contributed by atoms with Gasteiger partial charge >= 0.3 is 6.18 Å². The highest BCUT2D eigenvalue weighted by Gasteiger charge is 2.33. The van der Waals surface area contributed by atoms with E-state index in [1.807, 2.05) is 0 Å². The fourth-order valence-electron chi connectivity index (χ4n) is 1.59. The van der Waals surface area contributed by atoms with Crippen LogP contribution >= 0.6 is 23.4 Å². The molecule has 0 aliphatic heterocycles. The fraction of sp³-hybridized carbons (Fsp3) is 0.0714. The van der Waals surface area contributed by atoms with E-state index in [-0.39, 0.29) is 11.8 Å². The summed E-state index contributed by atoms with van der Waals surface area (Å²) >= 11 is 6.91. The Morgan fingerprint density at radius 1 is 1.00 bits per heavy atom. The lowest BCUT2D eigenvalue weighted by Gasteiger charge is -2.11. The number of hydrogen-bond acceptors (Lipinski definition) is 2. The van der Waals surface area contributed by atoms with Crippen LogP contribution in [0.2, 0.25) is 5.02 Å². The van der Waals surface area contributed by atoms with Crippen LogP contribution in [0, 0.1) is 0 Å². The second kappa shape index (κ2) is 5.89. The molecular formula is C14H8ClF3OS. The van der Waals surface area contributed by atoms with Crippen molar-refractivity contribution in [1.29, 1.82) is 0 Å². The normalized spacial score (nSPS) is 11.4. The summed E-state index contributed by atoms with van der Waals surface area (Å²) in [5.74, 6) is 0. The summed E-state index contributed by atoms with van der Waals surface area (Å²) in [6.45, 7) is 0. The summed E-state index contributed by atoms with van der Waals surface area (Å²) in [4.78, 5) is 11.8. The van der Waals surface area contributed by atoms with Crippen LogP contribution in [0.3, 0.4) is 0 Å². The number of hydrogen-bond donors (Lipinski definition) is 0. The topological polar surface area (TPSA) is 17.1 Å². The Kier molecular flexibility index (Phi) is 4.40. The van der Waals surface area contributed by atoms with E-state index < -0.39 is 11.7 Å². The third-order valence-electron chi connectivity index (χ3n) is 2.51. The van der Waals surface area contributed by atoms with Crippen molar-refractivity contribution < 1.29 is 18.0 Å². The Bertz CT molecular complexity index is 623. The van der Waals surface area contributed by atoms with Gasteiger partial charge in [0.05, 0.1) is 5.56 Å². The zero-order valence-electron chi connectivity index (χ0n) is 9.95. The molecule has 0 fully saturated rings. The SMILES string of the molecule is O=Cc1ccc(Sc2ccc(Cl)cc2)cc1C(F)(F)F. The predicted molar refractivity (Wildman–Crippen MR) is 72.4 cm³/mol. The van der Waals surface area contributed by atoms with Gasteiger partial charge in [-0.25, -0.2) is 0 Å². The predicted octanol–water partition coefficient (Wildman–Crippen LogP) is 5.32. The van der Waals surface area contributed by atoms with E-state index >= 15 is 0 Å². The van der Waals surface area contributed by atoms with Gasteiger partial charge in [0.1, 0.15) is 0 Å². The zero-order chi connectivity index (χ0) is 14.8. The van der Waals surface area contributed by atoms with Crippen LogP contribution in [0.4, 0.5) is 13.2 Å². The number of halogens is 4. The van der Waals surface area contributed by atoms with Gasteiger partial charge in [0, 0.05) is 20.4 Å². The second-order valence-electron chi connectivity index (χ2n) is 3.92. The summed E-state index contributed by atoms with van der Waals surface area (Å²) in [6, 6.07) is 10.4. The van der Waals surface area contributed by atoms with E-state index in [0.29, 0.717) is 9.92 Å². The molecule has 104 valence electrons. The minimum absolute atomic E-state index is 0.208. The molecule has 0 aromatic heterocycles. The molecule has 0 atom stereocenters. The maximum atomic E-state index is 12.8. The molecular weight excluding hydrogens is 309 g/mol. The number of carbonyl (C=O) groups is 1. The van der Waals surface area contributed by atoms with Crippen molar-refractivity contribution in [1.82, 2.24) is 0 Å². The molecule has 2 aromatic rings. The second-order valence-corrected chi connectivity index (χ2v) is 5.50. The summed E-state index contributed by atoms with van der Waals surface area (Å²) < 4.78 is 38.5. The van der Waals surface area contributed by atoms with Crippen LogP contribution in [-0.2, 0) is 6.18 Å². The van der Waals surface area contributed by atoms with E-state index in [1.165, 1.54) is 23.9 Å². The lowest BCUT2D eigenvalue weighted by atomic mass is 10.1. The standard InChI is InChI=1S/C14H8ClF3OS/c15-10-2-5-11(6-3-10)20-12-4-1-9(8-19)13(7-12)14(16,17)18/h1-8H. The van der Waals surface area contributed by atoms with Crippen LogP contribution in [0.5, 0.6) is 0 Å². The molecule has 6 heteroatoms. The average molecular weight is 317 g/mol. The Morgan fingerprint density at radius 2 is 1.60 bits per heavy atom. The zero-order valence-corrected chi connectivity index (χ0v) is 11.5. The molecule has 0 saturated heterocycles. The van der Waals surface area contributed by atoms with Gasteiger partial charge in [0.2, 0.25) is 0 Å². The van der Waals surface area contributed by atoms with Crippen LogP contribution in [0.1, 0.15) is 15.9 Å². The number of rotatable bonds is 3. The summed E-state index contributed by atoms with van der Waals surface area (Å²) in [6.07, 6.45) is -4.34. The van der Waals surface area contributed by atoms with Crippen LogP contribution in [-0.4, -0.2) is 6.29 Å². The molecule has 0 radical (unpaired) electrons. The summed E-state index contributed by atoms with van der Waals surface area (Å²) in [5.41, 5.74) is -1.29. The molecule has 0 aliphatic rings. The Morgan fingerprint density at radius 3 is 2.15 bits per heavy atom. The van der Waals surface area contributed by atoms with Gasteiger partial charge in [-0.3, -0.25) is 4.79 Å². The number of carbonyl (C=O) groups excluding carboxylic acids is 1. The Labute approximate surface area is 122 Å². The van der Waals surface area contributed by atoms with E-state index in [2.05, 4.69) is 0 Å². The first kappa shape index (κ1) is 14.9. The molecule has 0 N–H and O–H groups in total. The first-order chi connectivity index (χ1) is 9.40. The van der Waals surface area contributed by atoms with E-state index in [4.69, 9.17) is 11.6 Å². The summed E-state index contributed by atoms with van der Waals surface area (Å²) in [7, 11) is 0. The average Bonchev–Trinajstić information content (AvgIpc) is 2.40. The number of benzene rings is 2. The summed E-state index contributed by atoms with van der Waals surface area (Å²) in [5, 5.41) is 0.557. The van der Waals surface area contributed by atoms with E-state index in [1.54, 1.807) is 24.3 Å². The largest absolute Gasteiger partial charge is 0.417 e. The third kappa shape index (κ3) is 3.55. The highest BCUT2D eigenvalue weighted by molar-refractivity contribution is 7.99. The van der Waals surface area contributed by atoms with Crippen molar-refractivity contribution in [3.63, 3.8) is 0 Å². The Hall–Kier alpha value is -1.46. The lowest BCUT2D eigenvalue weighted by Crippen LogP contribution is -2.08. The number of alkyl halides is 3. The van der Waals surface area contributed by atoms with Gasteiger partial charge < -0.3 is 0 Å². The van der Waals surface area contributed by atoms with Crippen molar-refractivity contribution >= 4 is 29.6 Å². The molecule has 20 heavy (non-hydrogen) atoms. The molecule has 0 amide bonds. The van der Waals surface area contributed by atoms with Gasteiger partial charge in [-0.1, -0.05) is 23.4 Å². The minimum atomic E-state index is -4.55. The monoisotopic (exact) mass is 316 g/mol. The molecule has 0 heterocycles. The third-order valence-corrected chi connectivity index (χ3v) is 3.76. The van der Waals surface area contributed by atoms with Crippen LogP contribution in [0.25, 0.3) is 0 Å². The first-order valence-corrected chi connectivity index (χ1v) is 6.69. The molecule has 0 unspecified atom stereocenters. The highest BCUT2D eigenvalue weighted by Crippen LogP contribution is 2.36. The van der Waals surface area contributed by atoms with Crippen molar-refractivity contribution in [3.05, 3.63) is 58.6 Å². The van der Waals surface area contributed by atoms with Crippen LogP contribution in [0.15, 0.2) is 52.3 Å². The molecule has 0 spiro atoms. The van der Waals surface area contributed by atoms with Gasteiger partial charge in [0.15, 0.2) is 6.29 Å². The van der Waals surface area contributed by atoms with Crippen molar-refractivity contribution in [2.45, 2.75) is 16.0 Å². The maximum Gasteiger partial charge on any atom is 0.417 e. The molecule has 0 bridgehead atoms. The molecule has 1 nitrogen and oxygen atoms in total. The van der Waals surface area contributed by atoms with Gasteiger partial charge in [0.25, 0.3) is 0 Å². The van der Waals surface area contributed by atoms with E-state index in [9.17, 15) is 18.0 Å². The van der Waals surface area contributed by atoms with Crippen LogP contribution < -0.4 is 0 Å². The van der Waals surface area contributed by atoms with Gasteiger partial charge in [-0.15, -0.1) is 0 Å². The Balaban J connectivity index is 2.34. The molecule has 2 aromatic carbocycles. The highest BCUT2D eigenvalue weighted by atomic mass is 35.5. The van der Waals surface area contributed by atoms with Gasteiger partial charge in [-0.05, 0) is 42.5 Å². The molecule has 0 saturated carbocycles. The lowest BCUT2D eigenvalue weighted by molar-refractivity contribution is -0.138. The quantitative estimate of drug-likeness (QED) is 0.713. The van der Waals surface area contributed by atoms with Crippen molar-refractivity contribution in [2.24, 2.45) is 0 Å². The van der Waals surface area contributed by atoms with Crippen molar-refractivity contribution in [2.75, 3.05) is 0 Å². The molecule has 0 aliphatic carbocycles. The minimum Gasteiger partial charge on any atom is -0.298 e. The maximum absolute atomic E-state index is 12.8. The van der Waals surface area contributed by atoms with Crippen molar-refractivity contribution in [3.8, 4) is 0 Å². The van der Waals surface area contributed by atoms with Gasteiger partial charge in [-0.2, -0.15) is 13.2 Å². The first-order valence-electron chi connectivity index (χ1n) is 5.50. The fourth-order valence-corrected chi connectivity index (χ4v) is 2.57.